The van der Waals surface area contributed by atoms with Gasteiger partial charge < -0.3 is 9.72 Å². The van der Waals surface area contributed by atoms with Crippen molar-refractivity contribution < 1.29 is 4.74 Å². The molecule has 2 aromatic rings. The molecule has 2 heterocycles. The van der Waals surface area contributed by atoms with E-state index >= 15 is 0 Å². The van der Waals surface area contributed by atoms with Crippen molar-refractivity contribution in [3.8, 4) is 0 Å². The molecule has 0 radical (unpaired) electrons. The van der Waals surface area contributed by atoms with Gasteiger partial charge in [0.05, 0.1) is 17.6 Å². The highest BCUT2D eigenvalue weighted by Crippen LogP contribution is 2.29. The Morgan fingerprint density at radius 1 is 1.33 bits per heavy atom. The highest BCUT2D eigenvalue weighted by molar-refractivity contribution is 5.97. The molecule has 1 atom stereocenters. The molecule has 4 heteroatoms. The molecule has 1 aromatic carbocycles. The number of imidazole rings is 1. The van der Waals surface area contributed by atoms with Gasteiger partial charge in [-0.25, -0.2) is 9.98 Å². The molecule has 4 nitrogen and oxygen atoms in total. The zero-order valence-corrected chi connectivity index (χ0v) is 13.0. The van der Waals surface area contributed by atoms with Gasteiger partial charge in [0.15, 0.2) is 0 Å². The van der Waals surface area contributed by atoms with Crippen LogP contribution in [0.25, 0.3) is 0 Å². The first-order chi connectivity index (χ1) is 9.98. The SMILES string of the molecule is Cc1c(C2=NC(C)(C)CO2)cccc1C(C)c1c[nH]cn1. The molecule has 110 valence electrons. The molecule has 1 aliphatic heterocycles. The van der Waals surface area contributed by atoms with Crippen LogP contribution in [0.4, 0.5) is 0 Å². The minimum Gasteiger partial charge on any atom is -0.475 e. The van der Waals surface area contributed by atoms with Gasteiger partial charge in [-0.05, 0) is 38.0 Å². The maximum Gasteiger partial charge on any atom is 0.217 e. The number of H-pyrrole nitrogens is 1. The lowest BCUT2D eigenvalue weighted by Crippen LogP contribution is -2.17. The predicted molar refractivity (Wildman–Crippen MR) is 83.9 cm³/mol. The van der Waals surface area contributed by atoms with E-state index in [2.05, 4.69) is 60.9 Å². The zero-order chi connectivity index (χ0) is 15.0. The number of nitrogens with zero attached hydrogens (tertiary/aromatic N) is 2. The smallest absolute Gasteiger partial charge is 0.217 e. The van der Waals surface area contributed by atoms with Crippen LogP contribution < -0.4 is 0 Å². The summed E-state index contributed by atoms with van der Waals surface area (Å²) in [5.74, 6) is 1.000. The normalized spacial score (nSPS) is 18.2. The van der Waals surface area contributed by atoms with Crippen LogP contribution in [0.3, 0.4) is 0 Å². The van der Waals surface area contributed by atoms with Crippen molar-refractivity contribution in [3.63, 3.8) is 0 Å². The van der Waals surface area contributed by atoms with E-state index in [1.54, 1.807) is 6.33 Å². The van der Waals surface area contributed by atoms with Crippen LogP contribution >= 0.6 is 0 Å². The maximum absolute atomic E-state index is 5.79. The van der Waals surface area contributed by atoms with Gasteiger partial charge in [0, 0.05) is 17.7 Å². The number of ether oxygens (including phenoxy) is 1. The number of hydrogen-bond acceptors (Lipinski definition) is 3. The number of benzene rings is 1. The third kappa shape index (κ3) is 2.58. The van der Waals surface area contributed by atoms with E-state index in [1.165, 1.54) is 11.1 Å². The van der Waals surface area contributed by atoms with Crippen LogP contribution in [-0.4, -0.2) is 28.0 Å². The Morgan fingerprint density at radius 2 is 2.14 bits per heavy atom. The second-order valence-electron chi connectivity index (χ2n) is 6.25. The molecule has 0 saturated carbocycles. The average molecular weight is 283 g/mol. The first kappa shape index (κ1) is 13.9. The van der Waals surface area contributed by atoms with Gasteiger partial charge in [0.1, 0.15) is 6.61 Å². The Kier molecular flexibility index (Phi) is 3.32. The van der Waals surface area contributed by atoms with Gasteiger partial charge in [-0.15, -0.1) is 0 Å². The summed E-state index contributed by atoms with van der Waals surface area (Å²) in [5, 5.41) is 0. The van der Waals surface area contributed by atoms with Gasteiger partial charge in [0.2, 0.25) is 5.90 Å². The van der Waals surface area contributed by atoms with Crippen LogP contribution in [0.15, 0.2) is 35.7 Å². The van der Waals surface area contributed by atoms with Gasteiger partial charge in [-0.2, -0.15) is 0 Å². The van der Waals surface area contributed by atoms with Crippen molar-refractivity contribution in [2.24, 2.45) is 4.99 Å². The fourth-order valence-electron chi connectivity index (χ4n) is 2.74. The number of aromatic amines is 1. The standard InChI is InChI=1S/C17H21N3O/c1-11-13(12(2)15-8-18-10-19-15)6-5-7-14(11)16-20-17(3,4)9-21-16/h5-8,10,12H,9H2,1-4H3,(H,18,19). The molecule has 3 rings (SSSR count). The van der Waals surface area contributed by atoms with Gasteiger partial charge >= 0.3 is 0 Å². The maximum atomic E-state index is 5.79. The number of aliphatic imine (C=N–C) groups is 1. The second kappa shape index (κ2) is 5.02. The summed E-state index contributed by atoms with van der Waals surface area (Å²) in [6, 6.07) is 6.30. The lowest BCUT2D eigenvalue weighted by atomic mass is 9.91. The summed E-state index contributed by atoms with van der Waals surface area (Å²) < 4.78 is 5.79. The summed E-state index contributed by atoms with van der Waals surface area (Å²) in [6.45, 7) is 9.12. The van der Waals surface area contributed by atoms with Gasteiger partial charge in [0.25, 0.3) is 0 Å². The van der Waals surface area contributed by atoms with Gasteiger partial charge in [-0.1, -0.05) is 19.1 Å². The van der Waals surface area contributed by atoms with E-state index in [0.29, 0.717) is 6.61 Å². The topological polar surface area (TPSA) is 50.3 Å². The van der Waals surface area contributed by atoms with E-state index in [4.69, 9.17) is 4.74 Å². The number of aromatic nitrogens is 2. The minimum absolute atomic E-state index is 0.133. The summed E-state index contributed by atoms with van der Waals surface area (Å²) in [6.07, 6.45) is 3.67. The molecule has 1 unspecified atom stereocenters. The van der Waals surface area contributed by atoms with Crippen LogP contribution in [0.2, 0.25) is 0 Å². The molecule has 0 fully saturated rings. The zero-order valence-electron chi connectivity index (χ0n) is 13.0. The lowest BCUT2D eigenvalue weighted by molar-refractivity contribution is 0.279. The summed E-state index contributed by atoms with van der Waals surface area (Å²) in [4.78, 5) is 12.1. The van der Waals surface area contributed by atoms with E-state index in [9.17, 15) is 0 Å². The monoisotopic (exact) mass is 283 g/mol. The third-order valence-corrected chi connectivity index (χ3v) is 4.00. The number of nitrogens with one attached hydrogen (secondary N) is 1. The molecule has 21 heavy (non-hydrogen) atoms. The Balaban J connectivity index is 2.00. The molecule has 0 amide bonds. The Hall–Kier alpha value is -2.10. The molecule has 0 saturated heterocycles. The number of rotatable bonds is 3. The molecule has 1 aliphatic rings. The summed E-state index contributed by atoms with van der Waals surface area (Å²) in [5.41, 5.74) is 4.47. The third-order valence-electron chi connectivity index (χ3n) is 4.00. The van der Waals surface area contributed by atoms with Crippen molar-refractivity contribution in [3.05, 3.63) is 53.1 Å². The van der Waals surface area contributed by atoms with Crippen molar-refractivity contribution in [2.75, 3.05) is 6.61 Å². The first-order valence-electron chi connectivity index (χ1n) is 7.29. The highest BCUT2D eigenvalue weighted by atomic mass is 16.5. The van der Waals surface area contributed by atoms with Gasteiger partial charge in [-0.3, -0.25) is 0 Å². The average Bonchev–Trinajstić information content (AvgIpc) is 3.07. The van der Waals surface area contributed by atoms with E-state index in [0.717, 1.165) is 17.2 Å². The van der Waals surface area contributed by atoms with Crippen LogP contribution in [0.1, 0.15) is 49.1 Å². The first-order valence-corrected chi connectivity index (χ1v) is 7.29. The molecule has 1 N–H and O–H groups in total. The lowest BCUT2D eigenvalue weighted by Gasteiger charge is -2.15. The van der Waals surface area contributed by atoms with E-state index in [-0.39, 0.29) is 11.5 Å². The molecule has 0 spiro atoms. The van der Waals surface area contributed by atoms with Crippen molar-refractivity contribution >= 4 is 5.90 Å². The van der Waals surface area contributed by atoms with Crippen LogP contribution in [0, 0.1) is 6.92 Å². The second-order valence-corrected chi connectivity index (χ2v) is 6.25. The quantitative estimate of drug-likeness (QED) is 0.938. The van der Waals surface area contributed by atoms with Crippen LogP contribution in [-0.2, 0) is 4.74 Å². The Morgan fingerprint density at radius 3 is 2.76 bits per heavy atom. The number of hydrogen-bond donors (Lipinski definition) is 1. The predicted octanol–water partition coefficient (Wildman–Crippen LogP) is 3.43. The summed E-state index contributed by atoms with van der Waals surface area (Å²) in [7, 11) is 0. The van der Waals surface area contributed by atoms with Crippen molar-refractivity contribution in [1.29, 1.82) is 0 Å². The van der Waals surface area contributed by atoms with E-state index in [1.807, 2.05) is 6.20 Å². The molecular formula is C17H21N3O. The minimum atomic E-state index is -0.133. The summed E-state index contributed by atoms with van der Waals surface area (Å²) >= 11 is 0. The Bertz CT molecular complexity index is 671. The van der Waals surface area contributed by atoms with Crippen molar-refractivity contribution in [2.45, 2.75) is 39.2 Å². The molecular weight excluding hydrogens is 262 g/mol. The molecule has 0 bridgehead atoms. The van der Waals surface area contributed by atoms with Crippen molar-refractivity contribution in [1.82, 2.24) is 9.97 Å². The highest BCUT2D eigenvalue weighted by Gasteiger charge is 2.28. The largest absolute Gasteiger partial charge is 0.475 e. The molecule has 0 aliphatic carbocycles. The van der Waals surface area contributed by atoms with E-state index < -0.39 is 0 Å². The Labute approximate surface area is 125 Å². The fraction of sp³-hybridized carbons (Fsp3) is 0.412. The molecule has 1 aromatic heterocycles. The fourth-order valence-corrected chi connectivity index (χ4v) is 2.74. The van der Waals surface area contributed by atoms with Crippen LogP contribution in [0.5, 0.6) is 0 Å².